The number of methoxy groups -OCH3 is 1. The van der Waals surface area contributed by atoms with E-state index >= 15 is 0 Å². The summed E-state index contributed by atoms with van der Waals surface area (Å²) in [6.45, 7) is 3.09. The van der Waals surface area contributed by atoms with Crippen LogP contribution in [0.25, 0.3) is 0 Å². The zero-order valence-electron chi connectivity index (χ0n) is 17.2. The summed E-state index contributed by atoms with van der Waals surface area (Å²) >= 11 is 0. The quantitative estimate of drug-likeness (QED) is 0.652. The Balaban J connectivity index is 2.01. The average molecular weight is 427 g/mol. The van der Waals surface area contributed by atoms with E-state index in [9.17, 15) is 12.8 Å². The van der Waals surface area contributed by atoms with Crippen molar-refractivity contribution >= 4 is 10.0 Å². The van der Waals surface area contributed by atoms with Crippen molar-refractivity contribution in [3.8, 4) is 0 Å². The maximum Gasteiger partial charge on any atom is 0.243 e. The van der Waals surface area contributed by atoms with Crippen LogP contribution in [0.2, 0.25) is 0 Å². The third kappa shape index (κ3) is 4.04. The van der Waals surface area contributed by atoms with Gasteiger partial charge in [0, 0.05) is 20.2 Å². The van der Waals surface area contributed by atoms with Gasteiger partial charge in [0.05, 0.1) is 23.6 Å². The number of sulfonamides is 1. The molecule has 29 heavy (non-hydrogen) atoms. The lowest BCUT2D eigenvalue weighted by atomic mass is 9.88. The number of aromatic nitrogens is 4. The molecule has 160 valence electrons. The van der Waals surface area contributed by atoms with Crippen molar-refractivity contribution in [1.82, 2.24) is 29.4 Å². The van der Waals surface area contributed by atoms with E-state index in [2.05, 4.69) is 15.5 Å². The summed E-state index contributed by atoms with van der Waals surface area (Å²) in [7, 11) is 1.50. The number of rotatable bonds is 7. The predicted molar refractivity (Wildman–Crippen MR) is 104 cm³/mol. The third-order valence-corrected chi connectivity index (χ3v) is 7.50. The molecule has 1 aromatic heterocycles. The minimum atomic E-state index is -3.88. The molecule has 2 heterocycles. The SMILES string of the molecule is COCCn1nnnc1C1(N(C)C)CCCN(S(=O)(=O)c2cc(F)ccc2C)C1. The molecule has 0 N–H and O–H groups in total. The van der Waals surface area contributed by atoms with Crippen LogP contribution in [0.15, 0.2) is 23.1 Å². The highest BCUT2D eigenvalue weighted by Gasteiger charge is 2.46. The highest BCUT2D eigenvalue weighted by atomic mass is 32.2. The van der Waals surface area contributed by atoms with Crippen molar-refractivity contribution in [3.63, 3.8) is 0 Å². The lowest BCUT2D eigenvalue weighted by molar-refractivity contribution is 0.0620. The molecule has 1 aromatic carbocycles. The summed E-state index contributed by atoms with van der Waals surface area (Å²) in [6.07, 6.45) is 1.32. The van der Waals surface area contributed by atoms with E-state index in [1.165, 1.54) is 16.4 Å². The Morgan fingerprint density at radius 3 is 2.79 bits per heavy atom. The molecule has 1 aliphatic heterocycles. The summed E-state index contributed by atoms with van der Waals surface area (Å²) in [6, 6.07) is 3.83. The standard InChI is InChI=1S/C18H27FN6O3S/c1-14-6-7-15(19)12-16(14)29(26,27)24-9-5-8-18(13-24,23(2)3)17-20-21-22-25(17)10-11-28-4/h6-7,12H,5,8-11,13H2,1-4H3. The summed E-state index contributed by atoms with van der Waals surface area (Å²) in [4.78, 5) is 1.95. The summed E-state index contributed by atoms with van der Waals surface area (Å²) < 4.78 is 48.7. The number of aryl methyl sites for hydroxylation is 1. The summed E-state index contributed by atoms with van der Waals surface area (Å²) in [5.74, 6) is 0.0176. The first-order chi connectivity index (χ1) is 13.7. The molecule has 11 heteroatoms. The summed E-state index contributed by atoms with van der Waals surface area (Å²) in [5.41, 5.74) is -0.193. The number of nitrogens with zero attached hydrogens (tertiary/aromatic N) is 6. The van der Waals surface area contributed by atoms with E-state index in [4.69, 9.17) is 4.74 Å². The van der Waals surface area contributed by atoms with Gasteiger partial charge in [0.25, 0.3) is 0 Å². The van der Waals surface area contributed by atoms with E-state index < -0.39 is 21.4 Å². The van der Waals surface area contributed by atoms with Gasteiger partial charge in [-0.1, -0.05) is 6.07 Å². The number of hydrogen-bond acceptors (Lipinski definition) is 7. The first kappa shape index (κ1) is 21.8. The van der Waals surface area contributed by atoms with Crippen molar-refractivity contribution in [2.45, 2.75) is 36.7 Å². The van der Waals surface area contributed by atoms with Crippen molar-refractivity contribution in [3.05, 3.63) is 35.4 Å². The Labute approximate surface area is 170 Å². The van der Waals surface area contributed by atoms with Gasteiger partial charge < -0.3 is 4.74 Å². The van der Waals surface area contributed by atoms with Crippen molar-refractivity contribution in [2.75, 3.05) is 40.9 Å². The van der Waals surface area contributed by atoms with E-state index in [-0.39, 0.29) is 11.4 Å². The molecule has 0 bridgehead atoms. The smallest absolute Gasteiger partial charge is 0.243 e. The largest absolute Gasteiger partial charge is 0.383 e. The Bertz CT molecular complexity index is 964. The Hall–Kier alpha value is -1.95. The van der Waals surface area contributed by atoms with Crippen LogP contribution in [0.3, 0.4) is 0 Å². The molecule has 3 rings (SSSR count). The van der Waals surface area contributed by atoms with E-state index in [1.807, 2.05) is 19.0 Å². The molecule has 0 amide bonds. The zero-order chi connectivity index (χ0) is 21.2. The van der Waals surface area contributed by atoms with Gasteiger partial charge in [-0.2, -0.15) is 4.31 Å². The van der Waals surface area contributed by atoms with Crippen molar-refractivity contribution < 1.29 is 17.5 Å². The Kier molecular flexibility index (Phi) is 6.32. The molecule has 1 unspecified atom stereocenters. The van der Waals surface area contributed by atoms with Crippen molar-refractivity contribution in [2.24, 2.45) is 0 Å². The third-order valence-electron chi connectivity index (χ3n) is 5.52. The van der Waals surface area contributed by atoms with Gasteiger partial charge in [0.2, 0.25) is 10.0 Å². The zero-order valence-corrected chi connectivity index (χ0v) is 18.0. The molecule has 0 saturated carbocycles. The minimum Gasteiger partial charge on any atom is -0.383 e. The fourth-order valence-corrected chi connectivity index (χ4v) is 5.58. The van der Waals surface area contributed by atoms with E-state index in [0.717, 1.165) is 6.07 Å². The number of hydrogen-bond donors (Lipinski definition) is 0. The van der Waals surface area contributed by atoms with Gasteiger partial charge in [-0.25, -0.2) is 17.5 Å². The number of ether oxygens (including phenoxy) is 1. The first-order valence-corrected chi connectivity index (χ1v) is 10.9. The fourth-order valence-electron chi connectivity index (χ4n) is 3.81. The molecule has 1 fully saturated rings. The molecule has 1 saturated heterocycles. The van der Waals surface area contributed by atoms with Crippen LogP contribution in [0.5, 0.6) is 0 Å². The maximum atomic E-state index is 13.8. The molecule has 1 aliphatic rings. The highest BCUT2D eigenvalue weighted by Crippen LogP contribution is 2.37. The van der Waals surface area contributed by atoms with Crippen LogP contribution in [-0.2, 0) is 26.8 Å². The predicted octanol–water partition coefficient (Wildman–Crippen LogP) is 1.01. The molecule has 0 aliphatic carbocycles. The summed E-state index contributed by atoms with van der Waals surface area (Å²) in [5, 5.41) is 12.1. The lowest BCUT2D eigenvalue weighted by Crippen LogP contribution is -2.56. The van der Waals surface area contributed by atoms with Gasteiger partial charge in [-0.05, 0) is 62.0 Å². The van der Waals surface area contributed by atoms with Gasteiger partial charge in [-0.15, -0.1) is 5.10 Å². The van der Waals surface area contributed by atoms with Crippen LogP contribution in [0.1, 0.15) is 24.2 Å². The Morgan fingerprint density at radius 2 is 2.10 bits per heavy atom. The molecular formula is C18H27FN6O3S. The molecule has 2 aromatic rings. The van der Waals surface area contributed by atoms with Crippen molar-refractivity contribution in [1.29, 1.82) is 0 Å². The van der Waals surface area contributed by atoms with E-state index in [0.29, 0.717) is 43.9 Å². The highest BCUT2D eigenvalue weighted by molar-refractivity contribution is 7.89. The maximum absolute atomic E-state index is 13.8. The second-order valence-corrected chi connectivity index (χ2v) is 9.40. The first-order valence-electron chi connectivity index (χ1n) is 9.42. The Morgan fingerprint density at radius 1 is 1.34 bits per heavy atom. The number of benzene rings is 1. The number of likely N-dealkylation sites (N-methyl/N-ethyl adjacent to an activating group) is 1. The molecule has 9 nitrogen and oxygen atoms in total. The van der Waals surface area contributed by atoms with Crippen LogP contribution >= 0.6 is 0 Å². The van der Waals surface area contributed by atoms with Crippen LogP contribution in [0.4, 0.5) is 4.39 Å². The van der Waals surface area contributed by atoms with Gasteiger partial charge in [0.1, 0.15) is 5.82 Å². The molecule has 1 atom stereocenters. The minimum absolute atomic E-state index is 0.00830. The normalized spacial score (nSPS) is 21.0. The van der Waals surface area contributed by atoms with Gasteiger partial charge in [-0.3, -0.25) is 4.90 Å². The van der Waals surface area contributed by atoms with Crippen LogP contribution < -0.4 is 0 Å². The lowest BCUT2D eigenvalue weighted by Gasteiger charge is -2.45. The fraction of sp³-hybridized carbons (Fsp3) is 0.611. The second kappa shape index (κ2) is 8.42. The van der Waals surface area contributed by atoms with Crippen LogP contribution in [0, 0.1) is 12.7 Å². The van der Waals surface area contributed by atoms with Gasteiger partial charge in [0.15, 0.2) is 5.82 Å². The monoisotopic (exact) mass is 426 g/mol. The average Bonchev–Trinajstić information content (AvgIpc) is 3.17. The topological polar surface area (TPSA) is 93.4 Å². The van der Waals surface area contributed by atoms with E-state index in [1.54, 1.807) is 18.7 Å². The van der Waals surface area contributed by atoms with Crippen LogP contribution in [-0.4, -0.2) is 78.7 Å². The number of piperidine rings is 1. The number of halogens is 1. The molecule has 0 radical (unpaired) electrons. The number of tetrazole rings is 1. The molecule has 0 spiro atoms. The van der Waals surface area contributed by atoms with Gasteiger partial charge >= 0.3 is 0 Å². The molecular weight excluding hydrogens is 399 g/mol. The second-order valence-electron chi connectivity index (χ2n) is 7.50.